The molecule has 462 valence electrons. The quantitative estimate of drug-likeness (QED) is 0.0214. The van der Waals surface area contributed by atoms with Gasteiger partial charge in [0.1, 0.15) is 64.9 Å². The predicted molar refractivity (Wildman–Crippen MR) is 316 cm³/mol. The Kier molecular flexibility index (Phi) is 39.9. The molecule has 0 fully saturated rings. The maximum absolute atomic E-state index is 11.2. The number of benzene rings is 6. The first kappa shape index (κ1) is 84.8. The van der Waals surface area contributed by atoms with Crippen LogP contribution in [0.3, 0.4) is 0 Å². The largest absolute Gasteiger partial charge is 1.00 e. The minimum absolute atomic E-state index is 0. The second kappa shape index (κ2) is 40.9. The summed E-state index contributed by atoms with van der Waals surface area (Å²) < 4.78 is 151. The Morgan fingerprint density at radius 2 is 0.563 bits per heavy atom. The molecule has 6 N–H and O–H groups in total. The molecule has 0 aromatic heterocycles. The maximum Gasteiger partial charge on any atom is 1.00 e. The van der Waals surface area contributed by atoms with E-state index in [2.05, 4.69) is 20.8 Å². The molecule has 6 rings (SSSR count). The minimum atomic E-state index is -5.07. The van der Waals surface area contributed by atoms with Crippen molar-refractivity contribution in [2.45, 2.75) is 132 Å². The van der Waals surface area contributed by atoms with Crippen molar-refractivity contribution >= 4 is 53.1 Å². The molecule has 0 amide bonds. The summed E-state index contributed by atoms with van der Waals surface area (Å²) in [4.78, 5) is 47.9. The van der Waals surface area contributed by atoms with Gasteiger partial charge in [0.25, 0.3) is 0 Å². The van der Waals surface area contributed by atoms with E-state index in [0.717, 1.165) is 55.2 Å². The summed E-state index contributed by atoms with van der Waals surface area (Å²) in [6.45, 7) is 6.35. The molecule has 0 spiro atoms. The molecule has 6 aromatic carbocycles. The van der Waals surface area contributed by atoms with E-state index in [-0.39, 0.29) is 173 Å². The van der Waals surface area contributed by atoms with Crippen LogP contribution >= 0.6 is 22.8 Å². The van der Waals surface area contributed by atoms with E-state index >= 15 is 0 Å². The van der Waals surface area contributed by atoms with E-state index in [4.69, 9.17) is 43.6 Å². The van der Waals surface area contributed by atoms with Crippen LogP contribution in [0.4, 0.5) is 0 Å². The minimum Gasteiger partial charge on any atom is -0.747 e. The van der Waals surface area contributed by atoms with Gasteiger partial charge in [-0.2, -0.15) is 0 Å². The van der Waals surface area contributed by atoms with Crippen LogP contribution in [0.15, 0.2) is 146 Å². The molecule has 0 bridgehead atoms. The number of ether oxygens (including phenoxy) is 3. The van der Waals surface area contributed by atoms with Gasteiger partial charge in [0.2, 0.25) is 0 Å². The fraction of sp³-hybridized carbons (Fsp3) is 0.368. The van der Waals surface area contributed by atoms with Gasteiger partial charge in [-0.3, -0.25) is 13.7 Å². The predicted octanol–water partition coefficient (Wildman–Crippen LogP) is 2.42. The molecule has 0 aliphatic heterocycles. The SMILES string of the molecule is CCCc1ccc(Oc2cccc(CCCC(P(=O)(O)O)S(=O)(=O)[O-])c2)cc1.CCCc1ccc(Oc2cccc(CCCC(P(=O)(O)O)S(=O)(=O)[O-])c2)cc1.CCCc1ccc(Oc2cccc(CCCC(P(=O)(O)O)S(=O)(=O)[O-])c2)cc1.[K+].[K+].[K+]. The molecule has 0 heterocycles. The third kappa shape index (κ3) is 33.2. The molecule has 0 saturated heterocycles. The zero-order valence-electron chi connectivity index (χ0n) is 49.6. The van der Waals surface area contributed by atoms with Crippen LogP contribution < -0.4 is 168 Å². The second-order valence-corrected chi connectivity index (χ2v) is 30.8. The molecular formula is C57H72K3O21P3S3. The Morgan fingerprint density at radius 3 is 0.747 bits per heavy atom. The van der Waals surface area contributed by atoms with Crippen LogP contribution in [0.1, 0.15) is 112 Å². The summed E-state index contributed by atoms with van der Waals surface area (Å²) in [5, 5.41) is 0. The first-order valence-electron chi connectivity index (χ1n) is 26.8. The van der Waals surface area contributed by atoms with E-state index in [0.29, 0.717) is 53.8 Å². The molecular weight excluding hydrogens is 1330 g/mol. The Morgan fingerprint density at radius 1 is 0.345 bits per heavy atom. The Bertz CT molecular complexity index is 3150. The van der Waals surface area contributed by atoms with Crippen LogP contribution in [-0.4, -0.2) is 83.2 Å². The van der Waals surface area contributed by atoms with Gasteiger partial charge in [-0.1, -0.05) is 113 Å². The number of hydrogen-bond donors (Lipinski definition) is 6. The van der Waals surface area contributed by atoms with Gasteiger partial charge < -0.3 is 57.2 Å². The van der Waals surface area contributed by atoms with Gasteiger partial charge >= 0.3 is 177 Å². The van der Waals surface area contributed by atoms with Gasteiger partial charge in [-0.05, 0) is 183 Å². The van der Waals surface area contributed by atoms with Crippen molar-refractivity contribution in [3.63, 3.8) is 0 Å². The van der Waals surface area contributed by atoms with E-state index < -0.39 is 87.4 Å². The smallest absolute Gasteiger partial charge is 0.747 e. The monoisotopic (exact) mass is 1400 g/mol. The van der Waals surface area contributed by atoms with Crippen molar-refractivity contribution in [3.8, 4) is 34.5 Å². The fourth-order valence-corrected chi connectivity index (χ4v) is 15.6. The molecule has 3 unspecified atom stereocenters. The van der Waals surface area contributed by atoms with Gasteiger partial charge in [0, 0.05) is 0 Å². The standard InChI is InChI=1S/3C19H25O7PS.3K/c3*1-2-5-15-10-12-17(13-11-15)26-18-8-3-6-16(14-18)7-4-9-19(27(20,21)22)28(23,24)25;;;/h3*3,6,8,10-14,19H,2,4-5,7,9H2,1H3,(H2,20,21,22)(H,23,24,25);;;/q;;;3*+1/p-3. The summed E-state index contributed by atoms with van der Waals surface area (Å²) >= 11 is 0. The van der Waals surface area contributed by atoms with Crippen LogP contribution in [0.2, 0.25) is 0 Å². The van der Waals surface area contributed by atoms with Crippen molar-refractivity contribution in [1.29, 1.82) is 0 Å². The van der Waals surface area contributed by atoms with Gasteiger partial charge in [-0.25, -0.2) is 25.3 Å². The van der Waals surface area contributed by atoms with Crippen LogP contribution in [0, 0.1) is 0 Å². The van der Waals surface area contributed by atoms with Crippen LogP contribution in [-0.2, 0) is 82.6 Å². The zero-order valence-corrected chi connectivity index (χ0v) is 64.1. The van der Waals surface area contributed by atoms with E-state index in [1.165, 1.54) is 16.7 Å². The Hall–Kier alpha value is -0.191. The molecule has 0 aliphatic carbocycles. The third-order valence-corrected chi connectivity index (χ3v) is 23.2. The molecule has 0 saturated carbocycles. The van der Waals surface area contributed by atoms with Crippen molar-refractivity contribution in [2.75, 3.05) is 0 Å². The summed E-state index contributed by atoms with van der Waals surface area (Å²) in [7, 11) is -30.2. The Labute approximate surface area is 639 Å². The number of rotatable bonds is 30. The number of aryl methyl sites for hydroxylation is 6. The normalized spacial score (nSPS) is 12.8. The van der Waals surface area contributed by atoms with Gasteiger partial charge in [0.05, 0.1) is 0 Å². The topological polar surface area (TPSA) is 372 Å². The average Bonchev–Trinajstić information content (AvgIpc) is 3.38. The zero-order chi connectivity index (χ0) is 62.4. The first-order chi connectivity index (χ1) is 39.3. The fourth-order valence-electron chi connectivity index (χ4n) is 8.62. The van der Waals surface area contributed by atoms with Gasteiger partial charge in [-0.15, -0.1) is 0 Å². The van der Waals surface area contributed by atoms with Crippen LogP contribution in [0.5, 0.6) is 34.5 Å². The third-order valence-electron chi connectivity index (χ3n) is 12.7. The van der Waals surface area contributed by atoms with Crippen molar-refractivity contribution in [2.24, 2.45) is 0 Å². The summed E-state index contributed by atoms with van der Waals surface area (Å²) in [6, 6.07) is 44.8. The molecule has 30 heteroatoms. The van der Waals surface area contributed by atoms with Gasteiger partial charge in [0.15, 0.2) is 15.0 Å². The molecule has 3 atom stereocenters. The molecule has 87 heavy (non-hydrogen) atoms. The Balaban J connectivity index is 0.000000641. The van der Waals surface area contributed by atoms with Crippen LogP contribution in [0.25, 0.3) is 0 Å². The first-order valence-corrected chi connectivity index (χ1v) is 36.3. The summed E-state index contributed by atoms with van der Waals surface area (Å²) in [5.74, 6) is 3.87. The van der Waals surface area contributed by atoms with Crippen molar-refractivity contribution < 1.29 is 250 Å². The number of hydrogen-bond acceptors (Lipinski definition) is 15. The molecule has 6 aromatic rings. The van der Waals surface area contributed by atoms with Crippen molar-refractivity contribution in [3.05, 3.63) is 179 Å². The molecule has 0 radical (unpaired) electrons. The summed E-state index contributed by atoms with van der Waals surface area (Å²) in [5.41, 5.74) is 6.14. The summed E-state index contributed by atoms with van der Waals surface area (Å²) in [6.07, 6.45) is 6.52. The molecule has 21 nitrogen and oxygen atoms in total. The maximum atomic E-state index is 11.2. The van der Waals surface area contributed by atoms with E-state index in [1.807, 2.05) is 72.8 Å². The van der Waals surface area contributed by atoms with E-state index in [9.17, 15) is 52.6 Å². The van der Waals surface area contributed by atoms with E-state index in [1.54, 1.807) is 72.8 Å². The van der Waals surface area contributed by atoms with Crippen molar-refractivity contribution in [1.82, 2.24) is 0 Å². The molecule has 0 aliphatic rings. The second-order valence-electron chi connectivity index (χ2n) is 19.7. The average molecular weight is 1400 g/mol.